The van der Waals surface area contributed by atoms with Gasteiger partial charge in [0, 0.05) is 5.02 Å². The van der Waals surface area contributed by atoms with E-state index in [1.807, 2.05) is 24.3 Å². The summed E-state index contributed by atoms with van der Waals surface area (Å²) < 4.78 is 18.0. The Kier molecular flexibility index (Phi) is 8.87. The van der Waals surface area contributed by atoms with Gasteiger partial charge in [0.05, 0.1) is 6.16 Å². The molecule has 1 nitrogen and oxygen atoms in total. The fourth-order valence-corrected chi connectivity index (χ4v) is 8.25. The molecule has 0 aliphatic rings. The van der Waals surface area contributed by atoms with E-state index in [1.54, 1.807) is 0 Å². The van der Waals surface area contributed by atoms with Crippen LogP contribution >= 0.6 is 18.9 Å². The highest BCUT2D eigenvalue weighted by Gasteiger charge is 2.45. The minimum atomic E-state index is -2.01. The highest BCUT2D eigenvalue weighted by molar-refractivity contribution is 7.95. The highest BCUT2D eigenvalue weighted by atomic mass is 79.9. The van der Waals surface area contributed by atoms with Crippen LogP contribution in [0.25, 0.3) is 0 Å². The number of hydrogen-bond acceptors (Lipinski definition) is 1. The molecule has 32 heavy (non-hydrogen) atoms. The Morgan fingerprint density at radius 3 is 1.66 bits per heavy atom. The average molecular weight is 530 g/mol. The quantitative estimate of drug-likeness (QED) is 0.319. The van der Waals surface area contributed by atoms with Gasteiger partial charge in [-0.3, -0.25) is 0 Å². The Morgan fingerprint density at radius 2 is 1.16 bits per heavy atom. The van der Waals surface area contributed by atoms with E-state index in [9.17, 15) is 4.39 Å². The molecule has 0 N–H and O–H groups in total. The van der Waals surface area contributed by atoms with Gasteiger partial charge in [-0.2, -0.15) is 0 Å². The summed E-state index contributed by atoms with van der Waals surface area (Å²) in [5.41, 5.74) is 1.24. The van der Waals surface area contributed by atoms with Crippen molar-refractivity contribution in [2.24, 2.45) is 0 Å². The zero-order chi connectivity index (χ0) is 21.5. The molecule has 0 unspecified atom stereocenters. The molecule has 4 aromatic rings. The Balaban J connectivity index is 0.00000289. The second-order valence-corrected chi connectivity index (χ2v) is 11.2. The maximum absolute atomic E-state index is 12.5. The number of benzene rings is 4. The second-order valence-electron chi connectivity index (χ2n) is 7.30. The first kappa shape index (κ1) is 24.5. The third kappa shape index (κ3) is 5.41. The largest absolute Gasteiger partial charge is 1.00 e. The number of halogens is 3. The van der Waals surface area contributed by atoms with Crippen molar-refractivity contribution >= 4 is 34.8 Å². The van der Waals surface area contributed by atoms with Crippen molar-refractivity contribution in [2.75, 3.05) is 13.3 Å². The predicted octanol–water partition coefficient (Wildman–Crippen LogP) is 3.19. The summed E-state index contributed by atoms with van der Waals surface area (Å²) in [7, 11) is -2.01. The Hall–Kier alpha value is -2.19. The molecule has 0 spiro atoms. The monoisotopic (exact) mass is 528 g/mol. The summed E-state index contributed by atoms with van der Waals surface area (Å²) in [4.78, 5) is 0. The van der Waals surface area contributed by atoms with Gasteiger partial charge < -0.3 is 21.7 Å². The van der Waals surface area contributed by atoms with Crippen LogP contribution in [0, 0.1) is 0 Å². The molecule has 0 radical (unpaired) electrons. The molecule has 0 aliphatic heterocycles. The summed E-state index contributed by atoms with van der Waals surface area (Å²) in [6, 6.07) is 37.7. The molecule has 0 bridgehead atoms. The molecular formula is C27H24BrClFOP. The zero-order valence-corrected chi connectivity index (χ0v) is 20.7. The van der Waals surface area contributed by atoms with Crippen LogP contribution in [0.15, 0.2) is 109 Å². The van der Waals surface area contributed by atoms with Gasteiger partial charge in [-0.1, -0.05) is 60.1 Å². The highest BCUT2D eigenvalue weighted by Crippen LogP contribution is 2.58. The van der Waals surface area contributed by atoms with Crippen LogP contribution in [0.1, 0.15) is 5.56 Å². The molecule has 0 aromatic heterocycles. The van der Waals surface area contributed by atoms with E-state index >= 15 is 0 Å². The first-order valence-corrected chi connectivity index (χ1v) is 12.6. The van der Waals surface area contributed by atoms with Crippen molar-refractivity contribution in [3.8, 4) is 5.75 Å². The summed E-state index contributed by atoms with van der Waals surface area (Å²) in [5, 5.41) is 4.62. The van der Waals surface area contributed by atoms with Crippen molar-refractivity contribution in [3.63, 3.8) is 0 Å². The van der Waals surface area contributed by atoms with Crippen LogP contribution in [-0.4, -0.2) is 13.3 Å². The van der Waals surface area contributed by atoms with Gasteiger partial charge in [0.15, 0.2) is 0 Å². The minimum Gasteiger partial charge on any atom is -1.00 e. The summed E-state index contributed by atoms with van der Waals surface area (Å²) >= 11 is 6.16. The Morgan fingerprint density at radius 1 is 0.656 bits per heavy atom. The second kappa shape index (κ2) is 11.6. The Labute approximate surface area is 205 Å². The van der Waals surface area contributed by atoms with E-state index in [-0.39, 0.29) is 23.6 Å². The van der Waals surface area contributed by atoms with Crippen LogP contribution in [0.3, 0.4) is 0 Å². The van der Waals surface area contributed by atoms with Crippen molar-refractivity contribution in [1.29, 1.82) is 0 Å². The van der Waals surface area contributed by atoms with Crippen LogP contribution in [-0.2, 0) is 6.16 Å². The summed E-state index contributed by atoms with van der Waals surface area (Å²) in [5.74, 6) is 0.687. The predicted molar refractivity (Wildman–Crippen MR) is 132 cm³/mol. The zero-order valence-electron chi connectivity index (χ0n) is 17.5. The van der Waals surface area contributed by atoms with Gasteiger partial charge in [-0.25, -0.2) is 4.39 Å². The molecule has 0 aliphatic carbocycles. The van der Waals surface area contributed by atoms with E-state index in [0.717, 1.165) is 11.2 Å². The lowest BCUT2D eigenvalue weighted by Crippen LogP contribution is -3.00. The van der Waals surface area contributed by atoms with Gasteiger partial charge in [-0.15, -0.1) is 0 Å². The molecule has 4 aromatic carbocycles. The van der Waals surface area contributed by atoms with Gasteiger partial charge in [0.25, 0.3) is 0 Å². The van der Waals surface area contributed by atoms with Crippen molar-refractivity contribution in [1.82, 2.24) is 0 Å². The van der Waals surface area contributed by atoms with Crippen LogP contribution in [0.2, 0.25) is 5.02 Å². The lowest BCUT2D eigenvalue weighted by atomic mass is 10.2. The maximum Gasteiger partial charge on any atom is 0.123 e. The molecule has 0 saturated heterocycles. The minimum absolute atomic E-state index is 0. The third-order valence-electron chi connectivity index (χ3n) is 5.35. The number of hydrogen-bond donors (Lipinski definition) is 0. The molecule has 5 heteroatoms. The molecule has 0 amide bonds. The van der Waals surface area contributed by atoms with E-state index in [0.29, 0.717) is 5.75 Å². The van der Waals surface area contributed by atoms with Crippen molar-refractivity contribution in [2.45, 2.75) is 6.16 Å². The van der Waals surface area contributed by atoms with Crippen LogP contribution in [0.4, 0.5) is 4.39 Å². The Bertz CT molecular complexity index is 1050. The fraction of sp³-hybridized carbons (Fsp3) is 0.111. The summed E-state index contributed by atoms with van der Waals surface area (Å²) in [6.07, 6.45) is 0.878. The third-order valence-corrected chi connectivity index (χ3v) is 9.98. The van der Waals surface area contributed by atoms with Gasteiger partial charge in [-0.05, 0) is 66.2 Å². The van der Waals surface area contributed by atoms with E-state index in [1.165, 1.54) is 21.5 Å². The van der Waals surface area contributed by atoms with E-state index in [4.69, 9.17) is 16.3 Å². The first-order valence-electron chi connectivity index (χ1n) is 10.3. The molecule has 0 heterocycles. The van der Waals surface area contributed by atoms with Gasteiger partial charge in [0.2, 0.25) is 0 Å². The first-order chi connectivity index (χ1) is 15.2. The standard InChI is InChI=1S/C27H24ClFOP.BrH/c28-23-13-11-22(12-14-23)21-31(25-7-3-1-4-8-25,26-9-5-2-6-10-26)27-17-15-24(16-18-27)30-20-19-29;/h1-18H,19-21H2;1H/q+1;/p-1. The molecule has 4 rings (SSSR count). The van der Waals surface area contributed by atoms with Gasteiger partial charge in [0.1, 0.15) is 42.2 Å². The molecule has 0 fully saturated rings. The molecular weight excluding hydrogens is 506 g/mol. The number of ether oxygens (including phenoxy) is 1. The molecule has 164 valence electrons. The van der Waals surface area contributed by atoms with Crippen molar-refractivity contribution < 1.29 is 26.1 Å². The van der Waals surface area contributed by atoms with E-state index in [2.05, 4.69) is 84.9 Å². The SMILES string of the molecule is FCCOc1ccc([P+](Cc2ccc(Cl)cc2)(c2ccccc2)c2ccccc2)cc1.[Br-]. The van der Waals surface area contributed by atoms with Crippen LogP contribution in [0.5, 0.6) is 5.75 Å². The van der Waals surface area contributed by atoms with Crippen molar-refractivity contribution in [3.05, 3.63) is 120 Å². The fourth-order valence-electron chi connectivity index (χ4n) is 3.90. The lowest BCUT2D eigenvalue weighted by Gasteiger charge is -2.28. The topological polar surface area (TPSA) is 9.23 Å². The number of alkyl halides is 1. The van der Waals surface area contributed by atoms with Crippen LogP contribution < -0.4 is 37.6 Å². The van der Waals surface area contributed by atoms with Gasteiger partial charge >= 0.3 is 0 Å². The lowest BCUT2D eigenvalue weighted by molar-refractivity contribution is -0.00000678. The smallest absolute Gasteiger partial charge is 0.123 e. The normalized spacial score (nSPS) is 10.9. The number of rotatable bonds is 8. The molecule has 0 atom stereocenters. The maximum atomic E-state index is 12.5. The average Bonchev–Trinajstić information content (AvgIpc) is 2.84. The van der Waals surface area contributed by atoms with E-state index < -0.39 is 13.9 Å². The molecule has 0 saturated carbocycles. The summed E-state index contributed by atoms with van der Waals surface area (Å²) in [6.45, 7) is -0.426.